The van der Waals surface area contributed by atoms with Crippen LogP contribution in [0.3, 0.4) is 0 Å². The molecule has 9 heteroatoms. The summed E-state index contributed by atoms with van der Waals surface area (Å²) in [4.78, 5) is 7.84. The number of ether oxygens (including phenoxy) is 2. The van der Waals surface area contributed by atoms with Crippen LogP contribution in [0.25, 0.3) is 43.1 Å². The van der Waals surface area contributed by atoms with Gasteiger partial charge < -0.3 is 18.3 Å². The van der Waals surface area contributed by atoms with Gasteiger partial charge in [0.25, 0.3) is 11.4 Å². The summed E-state index contributed by atoms with van der Waals surface area (Å²) in [5.41, 5.74) is 1.42. The van der Waals surface area contributed by atoms with Crippen LogP contribution in [0.5, 0.6) is 11.5 Å². The molecule has 0 saturated heterocycles. The molecule has 0 aliphatic carbocycles. The van der Waals surface area contributed by atoms with E-state index < -0.39 is 0 Å². The average molecular weight is 507 g/mol. The third kappa shape index (κ3) is 5.55. The molecule has 0 aromatic carbocycles. The van der Waals surface area contributed by atoms with E-state index in [1.807, 2.05) is 24.3 Å². The summed E-state index contributed by atoms with van der Waals surface area (Å²) in [6, 6.07) is 10.9. The number of rotatable bonds is 6. The lowest BCUT2D eigenvalue weighted by Crippen LogP contribution is -2.14. The van der Waals surface area contributed by atoms with Crippen LogP contribution in [0.15, 0.2) is 67.8 Å². The van der Waals surface area contributed by atoms with Crippen molar-refractivity contribution in [1.29, 1.82) is 10.5 Å². The zero-order chi connectivity index (χ0) is 26.4. The van der Waals surface area contributed by atoms with E-state index in [-0.39, 0.29) is 11.4 Å². The number of allylic oxidation sites excluding steroid dienone is 6. The van der Waals surface area contributed by atoms with Gasteiger partial charge in [-0.3, -0.25) is 0 Å². The fraction of sp³-hybridized carbons (Fsp3) is 0.143. The van der Waals surface area contributed by atoms with Gasteiger partial charge in [0.2, 0.25) is 0 Å². The first kappa shape index (κ1) is 24.9. The average Bonchev–Trinajstić information content (AvgIpc) is 3.64. The zero-order valence-electron chi connectivity index (χ0n) is 19.9. The number of hydrogen-bond donors (Lipinski definition) is 0. The fourth-order valence-corrected chi connectivity index (χ4v) is 4.64. The maximum Gasteiger partial charge on any atom is 0.262 e. The summed E-state index contributed by atoms with van der Waals surface area (Å²) in [6.07, 6.45) is 6.50. The van der Waals surface area contributed by atoms with Crippen LogP contribution < -0.4 is 9.47 Å². The standard InChI is InChI=1S/C28H18N4O4S/c1-17(11-19(15-29)31-3)13-21-5-7-23(35-21)27-25-26(34-10-9-33-25)28(37-27)24-8-6-22(36-24)14-18(2)12-20(16-30)32-4/h5-8,11-14H,9-10H2,1-2H3/b17-13+,18-14+,19-11-,20-12+. The molecule has 0 fully saturated rings. The minimum atomic E-state index is -0.00110. The summed E-state index contributed by atoms with van der Waals surface area (Å²) < 4.78 is 23.9. The van der Waals surface area contributed by atoms with E-state index in [0.717, 1.165) is 9.75 Å². The molecule has 4 rings (SSSR count). The van der Waals surface area contributed by atoms with Gasteiger partial charge in [-0.1, -0.05) is 11.1 Å². The van der Waals surface area contributed by atoms with Crippen LogP contribution in [-0.2, 0) is 0 Å². The van der Waals surface area contributed by atoms with E-state index in [1.165, 1.54) is 23.5 Å². The molecule has 0 bridgehead atoms. The lowest BCUT2D eigenvalue weighted by Gasteiger charge is -2.16. The molecule has 0 N–H and O–H groups in total. The van der Waals surface area contributed by atoms with Crippen molar-refractivity contribution in [2.24, 2.45) is 0 Å². The Labute approximate surface area is 217 Å². The van der Waals surface area contributed by atoms with Crippen molar-refractivity contribution in [3.05, 3.63) is 93.3 Å². The highest BCUT2D eigenvalue weighted by atomic mass is 32.1. The van der Waals surface area contributed by atoms with Crippen molar-refractivity contribution in [3.8, 4) is 44.9 Å². The molecule has 37 heavy (non-hydrogen) atoms. The molecule has 8 nitrogen and oxygen atoms in total. The van der Waals surface area contributed by atoms with E-state index in [9.17, 15) is 0 Å². The first-order valence-corrected chi connectivity index (χ1v) is 11.7. The second-order valence-corrected chi connectivity index (χ2v) is 8.82. The van der Waals surface area contributed by atoms with Crippen LogP contribution >= 0.6 is 11.3 Å². The summed E-state index contributed by atoms with van der Waals surface area (Å²) in [7, 11) is 0. The molecule has 3 aromatic heterocycles. The predicted octanol–water partition coefficient (Wildman–Crippen LogP) is 7.50. The van der Waals surface area contributed by atoms with Gasteiger partial charge in [0.1, 0.15) is 46.0 Å². The SMILES string of the molecule is [C-]#[N+]/C(C#N)=C\C(C)=C\c1ccc(-c2sc(-c3ccc(/C=C(C)/C=C(\C#N)[N+]#[C-])o3)c3c2OCCO3)o1. The van der Waals surface area contributed by atoms with Crippen LogP contribution in [-0.4, -0.2) is 13.2 Å². The molecule has 0 radical (unpaired) electrons. The summed E-state index contributed by atoms with van der Waals surface area (Å²) in [5.74, 6) is 3.46. The fourth-order valence-electron chi connectivity index (χ4n) is 3.52. The van der Waals surface area contributed by atoms with E-state index in [0.29, 0.717) is 58.9 Å². The third-order valence-electron chi connectivity index (χ3n) is 5.04. The smallest absolute Gasteiger partial charge is 0.262 e. The van der Waals surface area contributed by atoms with Gasteiger partial charge >= 0.3 is 0 Å². The maximum atomic E-state index is 8.96. The number of nitriles is 2. The number of fused-ring (bicyclic) bond motifs is 1. The quantitative estimate of drug-likeness (QED) is 0.195. The zero-order valence-corrected chi connectivity index (χ0v) is 20.7. The molecule has 1 aliphatic heterocycles. The lowest BCUT2D eigenvalue weighted by atomic mass is 10.2. The predicted molar refractivity (Wildman–Crippen MR) is 139 cm³/mol. The highest BCUT2D eigenvalue weighted by Gasteiger charge is 2.29. The maximum absolute atomic E-state index is 8.96. The van der Waals surface area contributed by atoms with Gasteiger partial charge in [-0.15, -0.1) is 11.3 Å². The Hall–Kier alpha value is -5.22. The van der Waals surface area contributed by atoms with Crippen molar-refractivity contribution >= 4 is 23.5 Å². The number of nitrogens with zero attached hydrogens (tertiary/aromatic N) is 4. The number of hydrogen-bond acceptors (Lipinski definition) is 7. The second kappa shape index (κ2) is 11.0. The van der Waals surface area contributed by atoms with Gasteiger partial charge in [0.05, 0.1) is 25.3 Å². The highest BCUT2D eigenvalue weighted by Crippen LogP contribution is 2.54. The van der Waals surface area contributed by atoms with Crippen molar-refractivity contribution in [2.75, 3.05) is 13.2 Å². The Morgan fingerprint density at radius 1 is 0.811 bits per heavy atom. The molecule has 0 unspecified atom stereocenters. The molecular formula is C28H18N4O4S. The Kier molecular flexibility index (Phi) is 7.41. The molecule has 0 atom stereocenters. The topological polar surface area (TPSA) is 101 Å². The van der Waals surface area contributed by atoms with Crippen molar-refractivity contribution < 1.29 is 18.3 Å². The second-order valence-electron chi connectivity index (χ2n) is 7.80. The Morgan fingerprint density at radius 3 is 1.62 bits per heavy atom. The normalized spacial score (nSPS) is 13.9. The first-order chi connectivity index (χ1) is 17.9. The van der Waals surface area contributed by atoms with Gasteiger partial charge in [0, 0.05) is 0 Å². The van der Waals surface area contributed by atoms with Crippen molar-refractivity contribution in [1.82, 2.24) is 0 Å². The number of thiophene rings is 1. The van der Waals surface area contributed by atoms with Crippen molar-refractivity contribution in [3.63, 3.8) is 0 Å². The largest absolute Gasteiger partial charge is 0.484 e. The summed E-state index contributed by atoms with van der Waals surface area (Å²) in [5, 5.41) is 17.9. The summed E-state index contributed by atoms with van der Waals surface area (Å²) >= 11 is 1.41. The summed E-state index contributed by atoms with van der Waals surface area (Å²) in [6.45, 7) is 18.4. The van der Waals surface area contributed by atoms with E-state index in [1.54, 1.807) is 38.1 Å². The Balaban J connectivity index is 1.68. The number of furan rings is 2. The minimum absolute atomic E-state index is 0.00110. The molecule has 0 amide bonds. The van der Waals surface area contributed by atoms with Gasteiger partial charge in [0.15, 0.2) is 11.5 Å². The van der Waals surface area contributed by atoms with Gasteiger partial charge in [-0.25, -0.2) is 20.2 Å². The Morgan fingerprint density at radius 2 is 1.24 bits per heavy atom. The molecule has 4 heterocycles. The van der Waals surface area contributed by atoms with Crippen LogP contribution in [0.1, 0.15) is 25.4 Å². The third-order valence-corrected chi connectivity index (χ3v) is 6.22. The van der Waals surface area contributed by atoms with Gasteiger partial charge in [-0.05, 0) is 62.4 Å². The minimum Gasteiger partial charge on any atom is -0.484 e. The first-order valence-electron chi connectivity index (χ1n) is 10.9. The monoisotopic (exact) mass is 506 g/mol. The van der Waals surface area contributed by atoms with E-state index in [2.05, 4.69) is 9.69 Å². The Bertz CT molecular complexity index is 1500. The van der Waals surface area contributed by atoms with Crippen LogP contribution in [0.4, 0.5) is 0 Å². The molecule has 180 valence electrons. The highest BCUT2D eigenvalue weighted by molar-refractivity contribution is 7.19. The van der Waals surface area contributed by atoms with Crippen molar-refractivity contribution in [2.45, 2.75) is 13.8 Å². The van der Waals surface area contributed by atoms with Crippen LogP contribution in [0.2, 0.25) is 0 Å². The lowest BCUT2D eigenvalue weighted by molar-refractivity contribution is 0.174. The molecule has 0 saturated carbocycles. The molecule has 1 aliphatic rings. The van der Waals surface area contributed by atoms with E-state index in [4.69, 9.17) is 42.0 Å². The van der Waals surface area contributed by atoms with E-state index >= 15 is 0 Å². The molecule has 3 aromatic rings. The van der Waals surface area contributed by atoms with Crippen LogP contribution in [0, 0.1) is 35.8 Å². The molecular weight excluding hydrogens is 488 g/mol. The molecule has 0 spiro atoms. The van der Waals surface area contributed by atoms with Gasteiger partial charge in [-0.2, -0.15) is 0 Å².